The van der Waals surface area contributed by atoms with Gasteiger partial charge in [0.2, 0.25) is 5.91 Å². The van der Waals surface area contributed by atoms with E-state index < -0.39 is 0 Å². The molecule has 0 saturated carbocycles. The number of carbonyl (C=O) groups is 1. The molecule has 0 aromatic carbocycles. The van der Waals surface area contributed by atoms with Crippen molar-refractivity contribution in [3.63, 3.8) is 0 Å². The van der Waals surface area contributed by atoms with Gasteiger partial charge in [-0.2, -0.15) is 0 Å². The first-order chi connectivity index (χ1) is 11.2. The lowest BCUT2D eigenvalue weighted by Crippen LogP contribution is -2.48. The minimum Gasteiger partial charge on any atom is -0.353 e. The van der Waals surface area contributed by atoms with Crippen molar-refractivity contribution in [3.8, 4) is 0 Å². The topological polar surface area (TPSA) is 61.4 Å². The second-order valence-corrected chi connectivity index (χ2v) is 6.48. The number of hydrogen-bond acceptors (Lipinski definition) is 6. The third kappa shape index (κ3) is 3.51. The van der Waals surface area contributed by atoms with Crippen LogP contribution in [0, 0.1) is 6.92 Å². The number of piperazine rings is 1. The van der Waals surface area contributed by atoms with Gasteiger partial charge in [-0.3, -0.25) is 9.69 Å². The van der Waals surface area contributed by atoms with Crippen LogP contribution in [-0.4, -0.2) is 60.0 Å². The summed E-state index contributed by atoms with van der Waals surface area (Å²) in [6.45, 7) is 10.9. The van der Waals surface area contributed by atoms with Crippen LogP contribution in [0.25, 0.3) is 10.2 Å². The Morgan fingerprint density at radius 1 is 1.39 bits per heavy atom. The third-order valence-corrected chi connectivity index (χ3v) is 5.12. The highest BCUT2D eigenvalue weighted by Gasteiger charge is 2.20. The molecular weight excluding hydrogens is 310 g/mol. The molecular formula is C16H21N5OS. The first kappa shape index (κ1) is 15.9. The second kappa shape index (κ2) is 7.06. The molecule has 2 aromatic rings. The number of rotatable bonds is 5. The highest BCUT2D eigenvalue weighted by molar-refractivity contribution is 7.17. The SMILES string of the molecule is C=CC(=O)NCCN1CCN(c2ncnc3scc(C)c23)CC1. The average Bonchev–Trinajstić information content (AvgIpc) is 2.97. The summed E-state index contributed by atoms with van der Waals surface area (Å²) in [7, 11) is 0. The van der Waals surface area contributed by atoms with Crippen LogP contribution in [0.2, 0.25) is 0 Å². The smallest absolute Gasteiger partial charge is 0.243 e. The monoisotopic (exact) mass is 331 g/mol. The van der Waals surface area contributed by atoms with Crippen molar-refractivity contribution < 1.29 is 4.79 Å². The van der Waals surface area contributed by atoms with Crippen LogP contribution in [-0.2, 0) is 4.79 Å². The van der Waals surface area contributed by atoms with E-state index in [2.05, 4.69) is 44.0 Å². The molecule has 1 amide bonds. The molecule has 3 rings (SSSR count). The van der Waals surface area contributed by atoms with Gasteiger partial charge in [-0.25, -0.2) is 9.97 Å². The van der Waals surface area contributed by atoms with E-state index in [4.69, 9.17) is 0 Å². The van der Waals surface area contributed by atoms with E-state index in [1.54, 1.807) is 17.7 Å². The largest absolute Gasteiger partial charge is 0.353 e. The molecule has 1 N–H and O–H groups in total. The van der Waals surface area contributed by atoms with Crippen molar-refractivity contribution in [2.24, 2.45) is 0 Å². The predicted molar refractivity (Wildman–Crippen MR) is 94.0 cm³/mol. The molecule has 1 fully saturated rings. The van der Waals surface area contributed by atoms with Crippen LogP contribution in [0.1, 0.15) is 5.56 Å². The summed E-state index contributed by atoms with van der Waals surface area (Å²) >= 11 is 1.67. The van der Waals surface area contributed by atoms with Crippen LogP contribution in [0.15, 0.2) is 24.4 Å². The zero-order chi connectivity index (χ0) is 16.2. The predicted octanol–water partition coefficient (Wildman–Crippen LogP) is 1.42. The molecule has 1 aliphatic rings. The standard InChI is InChI=1S/C16H21N5OS/c1-3-13(22)17-4-5-20-6-8-21(9-7-20)15-14-12(2)10-23-16(14)19-11-18-15/h3,10-11H,1,4-9H2,2H3,(H,17,22). The third-order valence-electron chi connectivity index (χ3n) is 4.12. The molecule has 0 unspecified atom stereocenters. The van der Waals surface area contributed by atoms with Crippen molar-refractivity contribution in [1.82, 2.24) is 20.2 Å². The Morgan fingerprint density at radius 2 is 2.17 bits per heavy atom. The van der Waals surface area contributed by atoms with Gasteiger partial charge in [0.25, 0.3) is 0 Å². The average molecular weight is 331 g/mol. The van der Waals surface area contributed by atoms with Gasteiger partial charge in [0.1, 0.15) is 17.0 Å². The van der Waals surface area contributed by atoms with Gasteiger partial charge >= 0.3 is 0 Å². The molecule has 0 aliphatic carbocycles. The van der Waals surface area contributed by atoms with E-state index in [0.29, 0.717) is 6.54 Å². The Bertz CT molecular complexity index is 706. The number of carbonyl (C=O) groups excluding carboxylic acids is 1. The molecule has 122 valence electrons. The Balaban J connectivity index is 1.59. The molecule has 1 aliphatic heterocycles. The summed E-state index contributed by atoms with van der Waals surface area (Å²) < 4.78 is 0. The fraction of sp³-hybridized carbons (Fsp3) is 0.438. The maximum atomic E-state index is 11.2. The van der Waals surface area contributed by atoms with Crippen LogP contribution in [0.4, 0.5) is 5.82 Å². The van der Waals surface area contributed by atoms with Gasteiger partial charge < -0.3 is 10.2 Å². The van der Waals surface area contributed by atoms with Crippen molar-refractivity contribution in [2.45, 2.75) is 6.92 Å². The van der Waals surface area contributed by atoms with Gasteiger partial charge in [-0.15, -0.1) is 11.3 Å². The molecule has 23 heavy (non-hydrogen) atoms. The van der Waals surface area contributed by atoms with Gasteiger partial charge in [-0.05, 0) is 23.9 Å². The minimum absolute atomic E-state index is 0.111. The fourth-order valence-corrected chi connectivity index (χ4v) is 3.72. The highest BCUT2D eigenvalue weighted by atomic mass is 32.1. The normalized spacial score (nSPS) is 15.8. The second-order valence-electron chi connectivity index (χ2n) is 5.62. The number of nitrogens with zero attached hydrogens (tertiary/aromatic N) is 4. The number of hydrogen-bond donors (Lipinski definition) is 1. The quantitative estimate of drug-likeness (QED) is 0.840. The first-order valence-electron chi connectivity index (χ1n) is 7.75. The molecule has 0 bridgehead atoms. The van der Waals surface area contributed by atoms with Gasteiger partial charge in [0.15, 0.2) is 0 Å². The zero-order valence-corrected chi connectivity index (χ0v) is 14.1. The van der Waals surface area contributed by atoms with Crippen LogP contribution in [0.3, 0.4) is 0 Å². The number of aryl methyl sites for hydroxylation is 1. The summed E-state index contributed by atoms with van der Waals surface area (Å²) in [5.74, 6) is 0.938. The van der Waals surface area contributed by atoms with Crippen LogP contribution >= 0.6 is 11.3 Å². The van der Waals surface area contributed by atoms with E-state index in [0.717, 1.165) is 43.4 Å². The summed E-state index contributed by atoms with van der Waals surface area (Å²) in [6.07, 6.45) is 2.96. The first-order valence-corrected chi connectivity index (χ1v) is 8.63. The lowest BCUT2D eigenvalue weighted by Gasteiger charge is -2.35. The molecule has 0 spiro atoms. The van der Waals surface area contributed by atoms with Crippen molar-refractivity contribution in [1.29, 1.82) is 0 Å². The Hall–Kier alpha value is -1.99. The molecule has 7 heteroatoms. The molecule has 1 saturated heterocycles. The van der Waals surface area contributed by atoms with Gasteiger partial charge in [0, 0.05) is 39.3 Å². The molecule has 3 heterocycles. The van der Waals surface area contributed by atoms with E-state index in [9.17, 15) is 4.79 Å². The number of thiophene rings is 1. The molecule has 0 atom stereocenters. The Labute approximate surface area is 139 Å². The number of amides is 1. The minimum atomic E-state index is -0.111. The fourth-order valence-electron chi connectivity index (χ4n) is 2.83. The van der Waals surface area contributed by atoms with Crippen LogP contribution < -0.4 is 10.2 Å². The summed E-state index contributed by atoms with van der Waals surface area (Å²) in [5, 5.41) is 6.14. The maximum Gasteiger partial charge on any atom is 0.243 e. The van der Waals surface area contributed by atoms with Crippen molar-refractivity contribution in [3.05, 3.63) is 29.9 Å². The number of anilines is 1. The van der Waals surface area contributed by atoms with E-state index in [-0.39, 0.29) is 5.91 Å². The van der Waals surface area contributed by atoms with Crippen LogP contribution in [0.5, 0.6) is 0 Å². The van der Waals surface area contributed by atoms with Gasteiger partial charge in [0.05, 0.1) is 5.39 Å². The van der Waals surface area contributed by atoms with E-state index in [1.165, 1.54) is 17.0 Å². The van der Waals surface area contributed by atoms with Gasteiger partial charge in [-0.1, -0.05) is 6.58 Å². The number of nitrogens with one attached hydrogen (secondary N) is 1. The lowest BCUT2D eigenvalue weighted by atomic mass is 10.2. The molecule has 6 nitrogen and oxygen atoms in total. The van der Waals surface area contributed by atoms with E-state index >= 15 is 0 Å². The van der Waals surface area contributed by atoms with Crippen molar-refractivity contribution in [2.75, 3.05) is 44.2 Å². The maximum absolute atomic E-state index is 11.2. The molecule has 0 radical (unpaired) electrons. The number of aromatic nitrogens is 2. The number of fused-ring (bicyclic) bond motifs is 1. The van der Waals surface area contributed by atoms with Crippen molar-refractivity contribution >= 4 is 33.3 Å². The summed E-state index contributed by atoms with van der Waals surface area (Å²) in [6, 6.07) is 0. The van der Waals surface area contributed by atoms with E-state index in [1.807, 2.05) is 0 Å². The Morgan fingerprint density at radius 3 is 2.91 bits per heavy atom. The lowest BCUT2D eigenvalue weighted by molar-refractivity contribution is -0.116. The summed E-state index contributed by atoms with van der Waals surface area (Å²) in [4.78, 5) is 25.8. The Kier molecular flexibility index (Phi) is 4.88. The molecule has 2 aromatic heterocycles. The highest BCUT2D eigenvalue weighted by Crippen LogP contribution is 2.31. The zero-order valence-electron chi connectivity index (χ0n) is 13.3. The summed E-state index contributed by atoms with van der Waals surface area (Å²) in [5.41, 5.74) is 1.25.